The second kappa shape index (κ2) is 5.02. The molecule has 0 aliphatic rings. The van der Waals surface area contributed by atoms with Crippen LogP contribution in [0, 0.1) is 11.3 Å². The van der Waals surface area contributed by atoms with Gasteiger partial charge in [-0.25, -0.2) is 4.68 Å². The predicted octanol–water partition coefficient (Wildman–Crippen LogP) is 3.23. The lowest BCUT2D eigenvalue weighted by molar-refractivity contribution is -0.137. The Balaban J connectivity index is 2.70. The van der Waals surface area contributed by atoms with Gasteiger partial charge in [0.15, 0.2) is 5.82 Å². The maximum atomic E-state index is 12.7. The number of alkyl halides is 3. The Bertz CT molecular complexity index is 737. The number of benzene rings is 1. The van der Waals surface area contributed by atoms with Gasteiger partial charge in [0, 0.05) is 0 Å². The van der Waals surface area contributed by atoms with Crippen LogP contribution in [0.4, 0.5) is 24.8 Å². The molecule has 4 N–H and O–H groups in total. The van der Waals surface area contributed by atoms with E-state index in [1.165, 1.54) is 0 Å². The van der Waals surface area contributed by atoms with Crippen molar-refractivity contribution in [3.63, 3.8) is 0 Å². The van der Waals surface area contributed by atoms with E-state index in [9.17, 15) is 13.2 Å². The molecular formula is C11H6Cl2F3N5. The van der Waals surface area contributed by atoms with Crippen LogP contribution in [0.5, 0.6) is 0 Å². The zero-order valence-corrected chi connectivity index (χ0v) is 11.6. The second-order valence-corrected chi connectivity index (χ2v) is 4.77. The molecule has 0 amide bonds. The summed E-state index contributed by atoms with van der Waals surface area (Å²) in [7, 11) is 0. The van der Waals surface area contributed by atoms with Gasteiger partial charge in [-0.2, -0.15) is 18.4 Å². The van der Waals surface area contributed by atoms with E-state index in [2.05, 4.69) is 5.10 Å². The van der Waals surface area contributed by atoms with E-state index in [-0.39, 0.29) is 32.9 Å². The molecule has 5 nitrogen and oxygen atoms in total. The minimum atomic E-state index is -4.60. The Morgan fingerprint density at radius 1 is 1.19 bits per heavy atom. The van der Waals surface area contributed by atoms with Gasteiger partial charge in [0.1, 0.15) is 23.1 Å². The average Bonchev–Trinajstić information content (AvgIpc) is 2.62. The first-order valence-corrected chi connectivity index (χ1v) is 6.03. The van der Waals surface area contributed by atoms with Gasteiger partial charge in [-0.3, -0.25) is 0 Å². The van der Waals surface area contributed by atoms with Gasteiger partial charge in [0.05, 0.1) is 15.6 Å². The molecule has 2 aromatic rings. The van der Waals surface area contributed by atoms with Crippen LogP contribution in [-0.4, -0.2) is 9.78 Å². The molecular weight excluding hydrogens is 330 g/mol. The third kappa shape index (κ3) is 2.57. The molecule has 0 saturated carbocycles. The predicted molar refractivity (Wildman–Crippen MR) is 72.1 cm³/mol. The molecule has 110 valence electrons. The quantitative estimate of drug-likeness (QED) is 0.836. The molecule has 2 rings (SSSR count). The first-order valence-electron chi connectivity index (χ1n) is 5.27. The Kier molecular flexibility index (Phi) is 3.65. The number of anilines is 2. The van der Waals surface area contributed by atoms with Crippen LogP contribution < -0.4 is 11.5 Å². The number of nitriles is 1. The molecule has 0 aliphatic heterocycles. The van der Waals surface area contributed by atoms with Crippen LogP contribution in [-0.2, 0) is 6.18 Å². The molecule has 1 aromatic carbocycles. The van der Waals surface area contributed by atoms with Crippen molar-refractivity contribution in [2.45, 2.75) is 6.18 Å². The van der Waals surface area contributed by atoms with E-state index in [1.807, 2.05) is 0 Å². The summed E-state index contributed by atoms with van der Waals surface area (Å²) < 4.78 is 38.9. The highest BCUT2D eigenvalue weighted by molar-refractivity contribution is 6.38. The summed E-state index contributed by atoms with van der Waals surface area (Å²) in [5.74, 6) is -0.347. The average molecular weight is 336 g/mol. The summed E-state index contributed by atoms with van der Waals surface area (Å²) in [6, 6.07) is 3.10. The summed E-state index contributed by atoms with van der Waals surface area (Å²) in [4.78, 5) is 0. The van der Waals surface area contributed by atoms with Crippen LogP contribution in [0.25, 0.3) is 5.69 Å². The van der Waals surface area contributed by atoms with Crippen LogP contribution in [0.3, 0.4) is 0 Å². The highest BCUT2D eigenvalue weighted by atomic mass is 35.5. The van der Waals surface area contributed by atoms with Gasteiger partial charge < -0.3 is 11.5 Å². The van der Waals surface area contributed by atoms with Gasteiger partial charge in [-0.05, 0) is 12.1 Å². The minimum Gasteiger partial charge on any atom is -0.382 e. The lowest BCUT2D eigenvalue weighted by atomic mass is 10.2. The van der Waals surface area contributed by atoms with E-state index < -0.39 is 11.7 Å². The summed E-state index contributed by atoms with van der Waals surface area (Å²) in [6.45, 7) is 0. The first-order chi connectivity index (χ1) is 9.66. The van der Waals surface area contributed by atoms with Crippen molar-refractivity contribution in [2.24, 2.45) is 0 Å². The Labute approximate surface area is 126 Å². The molecule has 0 unspecified atom stereocenters. The van der Waals surface area contributed by atoms with Crippen LogP contribution >= 0.6 is 23.2 Å². The SMILES string of the molecule is N#Cc1c(N)nn(-c2c(Cl)cc(C(F)(F)F)cc2Cl)c1N. The number of halogens is 5. The fourth-order valence-corrected chi connectivity index (χ4v) is 2.31. The van der Waals surface area contributed by atoms with Crippen molar-refractivity contribution in [3.05, 3.63) is 33.3 Å². The Morgan fingerprint density at radius 2 is 1.71 bits per heavy atom. The van der Waals surface area contributed by atoms with Crippen molar-refractivity contribution in [1.82, 2.24) is 9.78 Å². The molecule has 1 aromatic heterocycles. The molecule has 0 spiro atoms. The van der Waals surface area contributed by atoms with Crippen molar-refractivity contribution in [2.75, 3.05) is 11.5 Å². The number of hydrogen-bond donors (Lipinski definition) is 2. The van der Waals surface area contributed by atoms with E-state index in [0.717, 1.165) is 4.68 Å². The summed E-state index contributed by atoms with van der Waals surface area (Å²) >= 11 is 11.7. The third-order valence-corrected chi connectivity index (χ3v) is 3.19. The molecule has 0 saturated heterocycles. The van der Waals surface area contributed by atoms with Gasteiger partial charge in [-0.15, -0.1) is 5.10 Å². The second-order valence-electron chi connectivity index (χ2n) is 3.96. The van der Waals surface area contributed by atoms with Crippen molar-refractivity contribution < 1.29 is 13.2 Å². The number of nitrogens with zero attached hydrogens (tertiary/aromatic N) is 3. The maximum Gasteiger partial charge on any atom is 0.416 e. The van der Waals surface area contributed by atoms with Gasteiger partial charge in [0.25, 0.3) is 0 Å². The number of aromatic nitrogens is 2. The Morgan fingerprint density at radius 3 is 2.10 bits per heavy atom. The Hall–Kier alpha value is -2.11. The van der Waals surface area contributed by atoms with Gasteiger partial charge in [0.2, 0.25) is 0 Å². The van der Waals surface area contributed by atoms with Crippen molar-refractivity contribution >= 4 is 34.8 Å². The van der Waals surface area contributed by atoms with Gasteiger partial charge in [-0.1, -0.05) is 23.2 Å². The summed E-state index contributed by atoms with van der Waals surface area (Å²) in [5, 5.41) is 12.0. The van der Waals surface area contributed by atoms with Crippen LogP contribution in [0.1, 0.15) is 11.1 Å². The van der Waals surface area contributed by atoms with E-state index in [4.69, 9.17) is 39.9 Å². The maximum absolute atomic E-state index is 12.7. The monoisotopic (exact) mass is 335 g/mol. The topological polar surface area (TPSA) is 93.6 Å². The normalized spacial score (nSPS) is 11.4. The molecule has 21 heavy (non-hydrogen) atoms. The highest BCUT2D eigenvalue weighted by Crippen LogP contribution is 2.38. The van der Waals surface area contributed by atoms with Gasteiger partial charge >= 0.3 is 6.18 Å². The van der Waals surface area contributed by atoms with Crippen molar-refractivity contribution in [1.29, 1.82) is 5.26 Å². The molecule has 0 aliphatic carbocycles. The number of hydrogen-bond acceptors (Lipinski definition) is 4. The fourth-order valence-electron chi connectivity index (χ4n) is 1.67. The zero-order valence-electron chi connectivity index (χ0n) is 10.0. The number of nitrogens with two attached hydrogens (primary N) is 2. The van der Waals surface area contributed by atoms with Crippen LogP contribution in [0.2, 0.25) is 10.0 Å². The summed E-state index contributed by atoms with van der Waals surface area (Å²) in [5.41, 5.74) is 9.95. The van der Waals surface area contributed by atoms with E-state index in [0.29, 0.717) is 12.1 Å². The summed E-state index contributed by atoms with van der Waals surface area (Å²) in [6.07, 6.45) is -4.60. The minimum absolute atomic E-state index is 0.0861. The largest absolute Gasteiger partial charge is 0.416 e. The molecule has 0 bridgehead atoms. The highest BCUT2D eigenvalue weighted by Gasteiger charge is 2.32. The standard InChI is InChI=1S/C11H6Cl2F3N5/c12-6-1-4(11(14,15)16)2-7(13)8(6)21-10(19)5(3-17)9(18)20-21/h1-2H,19H2,(H2,18,20). The number of rotatable bonds is 1. The molecule has 10 heteroatoms. The van der Waals surface area contributed by atoms with Crippen molar-refractivity contribution in [3.8, 4) is 11.8 Å². The first kappa shape index (κ1) is 15.3. The zero-order chi connectivity index (χ0) is 15.9. The van der Waals surface area contributed by atoms with E-state index in [1.54, 1.807) is 6.07 Å². The third-order valence-electron chi connectivity index (χ3n) is 2.62. The number of nitrogen functional groups attached to an aromatic ring is 2. The van der Waals surface area contributed by atoms with E-state index >= 15 is 0 Å². The van der Waals surface area contributed by atoms with Crippen LogP contribution in [0.15, 0.2) is 12.1 Å². The lowest BCUT2D eigenvalue weighted by Gasteiger charge is -2.13. The molecule has 0 fully saturated rings. The molecule has 0 atom stereocenters. The molecule has 1 heterocycles. The molecule has 0 radical (unpaired) electrons. The lowest BCUT2D eigenvalue weighted by Crippen LogP contribution is -2.08. The smallest absolute Gasteiger partial charge is 0.382 e. The fraction of sp³-hybridized carbons (Fsp3) is 0.0909.